The van der Waals surface area contributed by atoms with Gasteiger partial charge in [0.1, 0.15) is 0 Å². The highest BCUT2D eigenvalue weighted by Gasteiger charge is 2.39. The molecule has 1 N–H and O–H groups in total. The first-order valence-electron chi connectivity index (χ1n) is 8.47. The number of benzene rings is 1. The molecule has 3 aliphatic rings. The molecule has 1 aliphatic carbocycles. The van der Waals surface area contributed by atoms with Gasteiger partial charge in [0.25, 0.3) is 0 Å². The largest absolute Gasteiger partial charge is 0.393 e. The van der Waals surface area contributed by atoms with Crippen molar-refractivity contribution in [1.82, 2.24) is 4.90 Å². The Morgan fingerprint density at radius 3 is 2.90 bits per heavy atom. The molecule has 0 bridgehead atoms. The number of hydrogen-bond acceptors (Lipinski definition) is 3. The van der Waals surface area contributed by atoms with E-state index in [0.29, 0.717) is 17.9 Å². The highest BCUT2D eigenvalue weighted by Crippen LogP contribution is 2.42. The lowest BCUT2D eigenvalue weighted by Crippen LogP contribution is -2.41. The van der Waals surface area contributed by atoms with Crippen molar-refractivity contribution in [1.29, 1.82) is 0 Å². The van der Waals surface area contributed by atoms with E-state index in [9.17, 15) is 5.11 Å². The summed E-state index contributed by atoms with van der Waals surface area (Å²) >= 11 is 2.02. The van der Waals surface area contributed by atoms with Crippen LogP contribution in [0.2, 0.25) is 0 Å². The second-order valence-corrected chi connectivity index (χ2v) is 7.97. The topological polar surface area (TPSA) is 23.5 Å². The summed E-state index contributed by atoms with van der Waals surface area (Å²) in [7, 11) is 0. The molecule has 1 saturated carbocycles. The van der Waals surface area contributed by atoms with E-state index < -0.39 is 0 Å². The van der Waals surface area contributed by atoms with Crippen LogP contribution in [0.4, 0.5) is 0 Å². The fourth-order valence-corrected chi connectivity index (χ4v) is 5.89. The van der Waals surface area contributed by atoms with E-state index >= 15 is 0 Å². The zero-order chi connectivity index (χ0) is 14.2. The first kappa shape index (κ1) is 14.1. The van der Waals surface area contributed by atoms with Gasteiger partial charge in [-0.05, 0) is 43.9 Å². The Morgan fingerprint density at radius 2 is 2.05 bits per heavy atom. The molecule has 4 unspecified atom stereocenters. The van der Waals surface area contributed by atoms with Crippen molar-refractivity contribution in [3.63, 3.8) is 0 Å². The minimum absolute atomic E-state index is 0.0409. The molecule has 21 heavy (non-hydrogen) atoms. The molecule has 3 heteroatoms. The SMILES string of the molecule is OC1CCCC1C1CCCN1CC1CSc2ccccc21. The molecule has 2 fully saturated rings. The minimum atomic E-state index is -0.0409. The Labute approximate surface area is 131 Å². The summed E-state index contributed by atoms with van der Waals surface area (Å²) < 4.78 is 0. The van der Waals surface area contributed by atoms with E-state index in [2.05, 4.69) is 29.2 Å². The maximum absolute atomic E-state index is 10.3. The average Bonchev–Trinajstić information content (AvgIpc) is 3.20. The van der Waals surface area contributed by atoms with Gasteiger partial charge in [-0.2, -0.15) is 0 Å². The number of hydrogen-bond donors (Lipinski definition) is 1. The van der Waals surface area contributed by atoms with Gasteiger partial charge in [-0.25, -0.2) is 0 Å². The first-order chi connectivity index (χ1) is 10.3. The third kappa shape index (κ3) is 2.64. The molecule has 1 aromatic rings. The van der Waals surface area contributed by atoms with Gasteiger partial charge in [0.2, 0.25) is 0 Å². The third-order valence-corrected chi connectivity index (χ3v) is 6.95. The summed E-state index contributed by atoms with van der Waals surface area (Å²) in [6.45, 7) is 2.43. The second kappa shape index (κ2) is 5.94. The van der Waals surface area contributed by atoms with Crippen molar-refractivity contribution in [3.8, 4) is 0 Å². The monoisotopic (exact) mass is 303 g/mol. The smallest absolute Gasteiger partial charge is 0.0583 e. The van der Waals surface area contributed by atoms with Crippen LogP contribution in [0, 0.1) is 5.92 Å². The van der Waals surface area contributed by atoms with Crippen molar-refractivity contribution in [2.45, 2.75) is 55.1 Å². The second-order valence-electron chi connectivity index (χ2n) is 6.91. The molecule has 0 radical (unpaired) electrons. The van der Waals surface area contributed by atoms with Crippen LogP contribution < -0.4 is 0 Å². The molecule has 2 heterocycles. The molecule has 114 valence electrons. The zero-order valence-electron chi connectivity index (χ0n) is 12.6. The molecule has 0 amide bonds. The quantitative estimate of drug-likeness (QED) is 0.924. The average molecular weight is 303 g/mol. The summed E-state index contributed by atoms with van der Waals surface area (Å²) in [5.41, 5.74) is 1.56. The summed E-state index contributed by atoms with van der Waals surface area (Å²) in [6, 6.07) is 9.56. The molecule has 2 nitrogen and oxygen atoms in total. The predicted octanol–water partition coefficient (Wildman–Crippen LogP) is 3.50. The van der Waals surface area contributed by atoms with Crippen molar-refractivity contribution in [2.24, 2.45) is 5.92 Å². The van der Waals surface area contributed by atoms with E-state index in [1.54, 1.807) is 5.56 Å². The number of aliphatic hydroxyl groups is 1. The normalized spacial score (nSPS) is 36.2. The van der Waals surface area contributed by atoms with Gasteiger partial charge < -0.3 is 5.11 Å². The highest BCUT2D eigenvalue weighted by molar-refractivity contribution is 7.99. The lowest BCUT2D eigenvalue weighted by atomic mass is 9.93. The molecule has 1 saturated heterocycles. The molecule has 0 aromatic heterocycles. The van der Waals surface area contributed by atoms with Crippen LogP contribution in [0.3, 0.4) is 0 Å². The predicted molar refractivity (Wildman–Crippen MR) is 87.8 cm³/mol. The van der Waals surface area contributed by atoms with Crippen molar-refractivity contribution < 1.29 is 5.11 Å². The Bertz CT molecular complexity index is 506. The Morgan fingerprint density at radius 1 is 1.14 bits per heavy atom. The molecule has 1 aromatic carbocycles. The zero-order valence-corrected chi connectivity index (χ0v) is 13.4. The standard InChI is InChI=1S/C18H25NOS/c20-17-8-3-6-15(17)16-7-4-10-19(16)11-13-12-21-18-9-2-1-5-14(13)18/h1-2,5,9,13,15-17,20H,3-4,6-8,10-12H2. The summed E-state index contributed by atoms with van der Waals surface area (Å²) in [4.78, 5) is 4.19. The van der Waals surface area contributed by atoms with Crippen LogP contribution in [-0.4, -0.2) is 41.0 Å². The first-order valence-corrected chi connectivity index (χ1v) is 9.45. The number of rotatable bonds is 3. The molecule has 2 aliphatic heterocycles. The Balaban J connectivity index is 1.47. The summed E-state index contributed by atoms with van der Waals surface area (Å²) in [6.07, 6.45) is 6.05. The van der Waals surface area contributed by atoms with Gasteiger partial charge in [0.15, 0.2) is 0 Å². The van der Waals surface area contributed by atoms with E-state index in [0.717, 1.165) is 6.42 Å². The summed E-state index contributed by atoms with van der Waals surface area (Å²) in [5.74, 6) is 2.46. The van der Waals surface area contributed by atoms with Crippen LogP contribution >= 0.6 is 11.8 Å². The lowest BCUT2D eigenvalue weighted by Gasteiger charge is -2.33. The van der Waals surface area contributed by atoms with Crippen molar-refractivity contribution in [3.05, 3.63) is 29.8 Å². The van der Waals surface area contributed by atoms with E-state index in [1.165, 1.54) is 49.4 Å². The Hall–Kier alpha value is -0.510. The Kier molecular flexibility index (Phi) is 3.99. The fraction of sp³-hybridized carbons (Fsp3) is 0.667. The van der Waals surface area contributed by atoms with Crippen LogP contribution in [-0.2, 0) is 0 Å². The van der Waals surface area contributed by atoms with Crippen LogP contribution in [0.25, 0.3) is 0 Å². The van der Waals surface area contributed by atoms with Gasteiger partial charge >= 0.3 is 0 Å². The van der Waals surface area contributed by atoms with Crippen molar-refractivity contribution >= 4 is 11.8 Å². The van der Waals surface area contributed by atoms with E-state index in [4.69, 9.17) is 0 Å². The van der Waals surface area contributed by atoms with Crippen LogP contribution in [0.5, 0.6) is 0 Å². The maximum atomic E-state index is 10.3. The fourth-order valence-electron chi connectivity index (χ4n) is 4.64. The lowest BCUT2D eigenvalue weighted by molar-refractivity contribution is 0.0730. The third-order valence-electron chi connectivity index (χ3n) is 5.69. The number of nitrogens with zero attached hydrogens (tertiary/aromatic N) is 1. The van der Waals surface area contributed by atoms with Gasteiger partial charge in [-0.1, -0.05) is 24.6 Å². The number of fused-ring (bicyclic) bond motifs is 1. The molecular formula is C18H25NOS. The maximum Gasteiger partial charge on any atom is 0.0583 e. The van der Waals surface area contributed by atoms with Crippen molar-refractivity contribution in [2.75, 3.05) is 18.8 Å². The van der Waals surface area contributed by atoms with Gasteiger partial charge in [-0.15, -0.1) is 11.8 Å². The molecular weight excluding hydrogens is 278 g/mol. The van der Waals surface area contributed by atoms with Gasteiger partial charge in [0, 0.05) is 35.1 Å². The molecule has 4 atom stereocenters. The number of aliphatic hydroxyl groups excluding tert-OH is 1. The van der Waals surface area contributed by atoms with Crippen LogP contribution in [0.1, 0.15) is 43.6 Å². The van der Waals surface area contributed by atoms with E-state index in [-0.39, 0.29) is 6.10 Å². The highest BCUT2D eigenvalue weighted by atomic mass is 32.2. The van der Waals surface area contributed by atoms with Gasteiger partial charge in [0.05, 0.1) is 6.10 Å². The minimum Gasteiger partial charge on any atom is -0.393 e. The molecule has 0 spiro atoms. The summed E-state index contributed by atoms with van der Waals surface area (Å²) in [5, 5.41) is 10.3. The number of thioether (sulfide) groups is 1. The van der Waals surface area contributed by atoms with Gasteiger partial charge in [-0.3, -0.25) is 4.90 Å². The number of likely N-dealkylation sites (tertiary alicyclic amines) is 1. The van der Waals surface area contributed by atoms with E-state index in [1.807, 2.05) is 11.8 Å². The molecule has 4 rings (SSSR count). The van der Waals surface area contributed by atoms with Crippen LogP contribution in [0.15, 0.2) is 29.2 Å².